The molecular formula is C18H25ClN4O. The second kappa shape index (κ2) is 7.81. The SMILES string of the molecule is Cc1c(C(=O)NC2(CN)CCCC2)cnn1Cc1ccccc1.Cl. The van der Waals surface area contributed by atoms with Crippen LogP contribution in [0.25, 0.3) is 0 Å². The zero-order valence-corrected chi connectivity index (χ0v) is 14.8. The van der Waals surface area contributed by atoms with Crippen molar-refractivity contribution in [1.82, 2.24) is 15.1 Å². The van der Waals surface area contributed by atoms with Crippen LogP contribution in [0.3, 0.4) is 0 Å². The first kappa shape index (κ1) is 18.5. The first-order valence-corrected chi connectivity index (χ1v) is 8.22. The smallest absolute Gasteiger partial charge is 0.255 e. The molecule has 1 fully saturated rings. The summed E-state index contributed by atoms with van der Waals surface area (Å²) in [7, 11) is 0. The number of rotatable bonds is 5. The van der Waals surface area contributed by atoms with Crippen molar-refractivity contribution in [3.05, 3.63) is 53.3 Å². The largest absolute Gasteiger partial charge is 0.345 e. The van der Waals surface area contributed by atoms with E-state index in [4.69, 9.17) is 5.73 Å². The molecule has 6 heteroatoms. The molecule has 1 aromatic carbocycles. The summed E-state index contributed by atoms with van der Waals surface area (Å²) in [5.74, 6) is -0.0610. The number of amides is 1. The fourth-order valence-corrected chi connectivity index (χ4v) is 3.33. The average molecular weight is 349 g/mol. The number of aromatic nitrogens is 2. The standard InChI is InChI=1S/C18H24N4O.ClH/c1-14-16(17(23)21-18(13-19)9-5-6-10-18)11-20-22(14)12-15-7-3-2-4-8-15;/h2-4,7-8,11H,5-6,9-10,12-13,19H2,1H3,(H,21,23);1H. The quantitative estimate of drug-likeness (QED) is 0.872. The lowest BCUT2D eigenvalue weighted by atomic mass is 9.97. The molecule has 0 aliphatic heterocycles. The van der Waals surface area contributed by atoms with Gasteiger partial charge in [-0.2, -0.15) is 5.10 Å². The number of hydrogen-bond acceptors (Lipinski definition) is 3. The van der Waals surface area contributed by atoms with Crippen LogP contribution < -0.4 is 11.1 Å². The van der Waals surface area contributed by atoms with E-state index in [0.29, 0.717) is 18.7 Å². The van der Waals surface area contributed by atoms with E-state index in [1.807, 2.05) is 29.8 Å². The van der Waals surface area contributed by atoms with Crippen molar-refractivity contribution >= 4 is 18.3 Å². The van der Waals surface area contributed by atoms with Crippen molar-refractivity contribution in [3.8, 4) is 0 Å². The Bertz CT molecular complexity index is 678. The summed E-state index contributed by atoms with van der Waals surface area (Å²) in [6.45, 7) is 3.10. The van der Waals surface area contributed by atoms with Crippen molar-refractivity contribution in [2.45, 2.75) is 44.7 Å². The third-order valence-corrected chi connectivity index (χ3v) is 4.85. The number of halogens is 1. The van der Waals surface area contributed by atoms with Crippen LogP contribution in [0, 0.1) is 6.92 Å². The lowest BCUT2D eigenvalue weighted by molar-refractivity contribution is 0.0902. The van der Waals surface area contributed by atoms with Gasteiger partial charge < -0.3 is 11.1 Å². The summed E-state index contributed by atoms with van der Waals surface area (Å²) in [5.41, 5.74) is 8.37. The first-order chi connectivity index (χ1) is 11.1. The Morgan fingerprint density at radius 1 is 1.29 bits per heavy atom. The summed E-state index contributed by atoms with van der Waals surface area (Å²) >= 11 is 0. The van der Waals surface area contributed by atoms with Gasteiger partial charge in [0.2, 0.25) is 0 Å². The van der Waals surface area contributed by atoms with Crippen LogP contribution in [0.2, 0.25) is 0 Å². The van der Waals surface area contributed by atoms with Gasteiger partial charge in [-0.05, 0) is 25.3 Å². The monoisotopic (exact) mass is 348 g/mol. The predicted molar refractivity (Wildman–Crippen MR) is 97.5 cm³/mol. The zero-order valence-electron chi connectivity index (χ0n) is 14.0. The van der Waals surface area contributed by atoms with E-state index in [1.165, 1.54) is 5.56 Å². The van der Waals surface area contributed by atoms with Gasteiger partial charge in [0.25, 0.3) is 5.91 Å². The molecule has 0 spiro atoms. The Morgan fingerprint density at radius 2 is 1.96 bits per heavy atom. The van der Waals surface area contributed by atoms with E-state index in [-0.39, 0.29) is 23.9 Å². The molecule has 3 N–H and O–H groups in total. The van der Waals surface area contributed by atoms with Crippen molar-refractivity contribution in [3.63, 3.8) is 0 Å². The fraction of sp³-hybridized carbons (Fsp3) is 0.444. The lowest BCUT2D eigenvalue weighted by Gasteiger charge is -2.28. The van der Waals surface area contributed by atoms with Gasteiger partial charge in [0, 0.05) is 12.2 Å². The second-order valence-electron chi connectivity index (χ2n) is 6.43. The molecule has 5 nitrogen and oxygen atoms in total. The van der Waals surface area contributed by atoms with E-state index in [0.717, 1.165) is 31.4 Å². The maximum Gasteiger partial charge on any atom is 0.255 e. The van der Waals surface area contributed by atoms with Crippen LogP contribution in [0.1, 0.15) is 47.3 Å². The minimum Gasteiger partial charge on any atom is -0.345 e. The highest BCUT2D eigenvalue weighted by Gasteiger charge is 2.34. The molecule has 0 radical (unpaired) electrons. The van der Waals surface area contributed by atoms with Crippen molar-refractivity contribution < 1.29 is 4.79 Å². The van der Waals surface area contributed by atoms with E-state index in [1.54, 1.807) is 6.20 Å². The highest BCUT2D eigenvalue weighted by molar-refractivity contribution is 5.95. The van der Waals surface area contributed by atoms with Crippen LogP contribution in [-0.4, -0.2) is 27.8 Å². The van der Waals surface area contributed by atoms with E-state index in [2.05, 4.69) is 22.5 Å². The van der Waals surface area contributed by atoms with Gasteiger partial charge in [0.15, 0.2) is 0 Å². The molecule has 1 aliphatic rings. The van der Waals surface area contributed by atoms with Crippen molar-refractivity contribution in [2.24, 2.45) is 5.73 Å². The molecule has 0 unspecified atom stereocenters. The van der Waals surface area contributed by atoms with Crippen molar-refractivity contribution in [2.75, 3.05) is 6.54 Å². The fourth-order valence-electron chi connectivity index (χ4n) is 3.33. The highest BCUT2D eigenvalue weighted by Crippen LogP contribution is 2.29. The van der Waals surface area contributed by atoms with E-state index in [9.17, 15) is 4.79 Å². The highest BCUT2D eigenvalue weighted by atomic mass is 35.5. The molecule has 1 heterocycles. The Hall–Kier alpha value is -1.85. The predicted octanol–water partition coefficient (Wildman–Crippen LogP) is 2.66. The number of benzene rings is 1. The van der Waals surface area contributed by atoms with Gasteiger partial charge in [-0.1, -0.05) is 43.2 Å². The Labute approximate surface area is 149 Å². The summed E-state index contributed by atoms with van der Waals surface area (Å²) in [6.07, 6.45) is 5.85. The molecular weight excluding hydrogens is 324 g/mol. The van der Waals surface area contributed by atoms with Crippen molar-refractivity contribution in [1.29, 1.82) is 0 Å². The topological polar surface area (TPSA) is 72.9 Å². The number of hydrogen-bond donors (Lipinski definition) is 2. The Morgan fingerprint density at radius 3 is 2.58 bits per heavy atom. The average Bonchev–Trinajstić information content (AvgIpc) is 3.17. The Kier molecular flexibility index (Phi) is 6.02. The summed E-state index contributed by atoms with van der Waals surface area (Å²) in [6, 6.07) is 10.1. The number of carbonyl (C=O) groups excluding carboxylic acids is 1. The number of nitrogens with one attached hydrogen (secondary N) is 1. The molecule has 1 saturated carbocycles. The third kappa shape index (κ3) is 3.79. The summed E-state index contributed by atoms with van der Waals surface area (Å²) < 4.78 is 1.87. The molecule has 1 aliphatic carbocycles. The van der Waals surface area contributed by atoms with Crippen LogP contribution in [-0.2, 0) is 6.54 Å². The van der Waals surface area contributed by atoms with Gasteiger partial charge in [-0.15, -0.1) is 12.4 Å². The van der Waals surface area contributed by atoms with Gasteiger partial charge in [0.1, 0.15) is 0 Å². The van der Waals surface area contributed by atoms with Gasteiger partial charge in [0.05, 0.1) is 23.8 Å². The summed E-state index contributed by atoms with van der Waals surface area (Å²) in [5, 5.41) is 7.54. The van der Waals surface area contributed by atoms with Gasteiger partial charge in [-0.25, -0.2) is 0 Å². The maximum absolute atomic E-state index is 12.6. The molecule has 0 atom stereocenters. The van der Waals surface area contributed by atoms with Crippen LogP contribution in [0.4, 0.5) is 0 Å². The van der Waals surface area contributed by atoms with Crippen LogP contribution in [0.5, 0.6) is 0 Å². The summed E-state index contributed by atoms with van der Waals surface area (Å²) in [4.78, 5) is 12.6. The molecule has 130 valence electrons. The van der Waals surface area contributed by atoms with Gasteiger partial charge in [-0.3, -0.25) is 9.48 Å². The zero-order chi connectivity index (χ0) is 16.3. The number of nitrogens with two attached hydrogens (primary N) is 1. The minimum atomic E-state index is -0.231. The molecule has 0 saturated heterocycles. The first-order valence-electron chi connectivity index (χ1n) is 8.22. The molecule has 1 amide bonds. The lowest BCUT2D eigenvalue weighted by Crippen LogP contribution is -2.51. The molecule has 3 rings (SSSR count). The third-order valence-electron chi connectivity index (χ3n) is 4.85. The number of nitrogens with zero attached hydrogens (tertiary/aromatic N) is 2. The molecule has 24 heavy (non-hydrogen) atoms. The molecule has 0 bridgehead atoms. The Balaban J connectivity index is 0.00000208. The maximum atomic E-state index is 12.6. The minimum absolute atomic E-state index is 0. The van der Waals surface area contributed by atoms with Crippen LogP contribution in [0.15, 0.2) is 36.5 Å². The van der Waals surface area contributed by atoms with Crippen LogP contribution >= 0.6 is 12.4 Å². The molecule has 2 aromatic rings. The number of carbonyl (C=O) groups is 1. The van der Waals surface area contributed by atoms with Gasteiger partial charge >= 0.3 is 0 Å². The normalized spacial score (nSPS) is 15.8. The molecule has 1 aromatic heterocycles. The van der Waals surface area contributed by atoms with E-state index >= 15 is 0 Å². The van der Waals surface area contributed by atoms with E-state index < -0.39 is 0 Å². The second-order valence-corrected chi connectivity index (χ2v) is 6.43.